The van der Waals surface area contributed by atoms with E-state index in [1.54, 1.807) is 0 Å². The van der Waals surface area contributed by atoms with Crippen LogP contribution in [0.5, 0.6) is 0 Å². The van der Waals surface area contributed by atoms with E-state index in [1.807, 2.05) is 13.8 Å². The third-order valence-corrected chi connectivity index (χ3v) is 3.15. The molecule has 0 fully saturated rings. The molecular weight excluding hydrogens is 292 g/mol. The molecule has 8 heteroatoms. The molecule has 1 N–H and O–H groups in total. The van der Waals surface area contributed by atoms with Gasteiger partial charge in [0, 0.05) is 0 Å². The van der Waals surface area contributed by atoms with E-state index >= 15 is 0 Å². The zero-order valence-corrected chi connectivity index (χ0v) is 11.9. The Morgan fingerprint density at radius 1 is 1.37 bits per heavy atom. The molecule has 5 nitrogen and oxygen atoms in total. The molecule has 0 radical (unpaired) electrons. The van der Waals surface area contributed by atoms with Gasteiger partial charge in [-0.05, 0) is 36.0 Å². The van der Waals surface area contributed by atoms with Gasteiger partial charge in [0.2, 0.25) is 0 Å². The van der Waals surface area contributed by atoms with Crippen molar-refractivity contribution in [2.75, 3.05) is 6.54 Å². The quantitative estimate of drug-likeness (QED) is 0.883. The summed E-state index contributed by atoms with van der Waals surface area (Å²) in [5, 5.41) is 14.5. The fourth-order valence-electron chi connectivity index (χ4n) is 1.71. The second kappa shape index (κ2) is 5.81. The second-order valence-electron chi connectivity index (χ2n) is 3.95. The molecule has 0 saturated heterocycles. The Morgan fingerprint density at radius 2 is 2.00 bits per heavy atom. The molecular formula is C11H12Cl2FN5. The fourth-order valence-corrected chi connectivity index (χ4v) is 2.19. The lowest BCUT2D eigenvalue weighted by Gasteiger charge is -2.12. The van der Waals surface area contributed by atoms with E-state index in [4.69, 9.17) is 23.2 Å². The minimum atomic E-state index is -0.651. The summed E-state index contributed by atoms with van der Waals surface area (Å²) in [6, 6.07) is 2.81. The van der Waals surface area contributed by atoms with Gasteiger partial charge in [0.05, 0.1) is 21.8 Å². The number of rotatable bonds is 4. The van der Waals surface area contributed by atoms with Gasteiger partial charge in [0.25, 0.3) is 0 Å². The zero-order chi connectivity index (χ0) is 14.0. The van der Waals surface area contributed by atoms with E-state index in [1.165, 1.54) is 16.8 Å². The molecule has 2 rings (SSSR count). The van der Waals surface area contributed by atoms with Crippen LogP contribution in [0.3, 0.4) is 0 Å². The van der Waals surface area contributed by atoms with Gasteiger partial charge in [-0.1, -0.05) is 30.1 Å². The van der Waals surface area contributed by atoms with Crippen molar-refractivity contribution in [1.29, 1.82) is 0 Å². The highest BCUT2D eigenvalue weighted by atomic mass is 35.5. The van der Waals surface area contributed by atoms with Crippen LogP contribution in [0, 0.1) is 5.82 Å². The van der Waals surface area contributed by atoms with Crippen LogP contribution in [0.15, 0.2) is 12.1 Å². The molecule has 102 valence electrons. The molecule has 0 aliphatic heterocycles. The smallest absolute Gasteiger partial charge is 0.173 e. The Hall–Kier alpha value is -1.24. The maximum absolute atomic E-state index is 13.4. The average molecular weight is 304 g/mol. The number of nitrogens with zero attached hydrogens (tertiary/aromatic N) is 4. The van der Waals surface area contributed by atoms with Gasteiger partial charge < -0.3 is 5.32 Å². The third kappa shape index (κ3) is 2.86. The molecule has 0 spiro atoms. The molecule has 0 amide bonds. The second-order valence-corrected chi connectivity index (χ2v) is 4.77. The van der Waals surface area contributed by atoms with Crippen molar-refractivity contribution >= 4 is 23.2 Å². The number of hydrogen-bond acceptors (Lipinski definition) is 4. The van der Waals surface area contributed by atoms with Crippen molar-refractivity contribution in [1.82, 2.24) is 25.5 Å². The normalized spacial score (nSPS) is 12.7. The number of benzene rings is 1. The lowest BCUT2D eigenvalue weighted by atomic mass is 10.2. The predicted molar refractivity (Wildman–Crippen MR) is 71.2 cm³/mol. The summed E-state index contributed by atoms with van der Waals surface area (Å²) in [5.41, 5.74) is 0.515. The molecule has 0 aliphatic rings. The van der Waals surface area contributed by atoms with Crippen molar-refractivity contribution in [3.63, 3.8) is 0 Å². The van der Waals surface area contributed by atoms with E-state index in [0.29, 0.717) is 11.5 Å². The Balaban J connectivity index is 2.45. The first-order chi connectivity index (χ1) is 9.04. The van der Waals surface area contributed by atoms with Gasteiger partial charge in [-0.15, -0.1) is 5.10 Å². The fraction of sp³-hybridized carbons (Fsp3) is 0.364. The first-order valence-electron chi connectivity index (χ1n) is 5.71. The maximum Gasteiger partial charge on any atom is 0.173 e. The Morgan fingerprint density at radius 3 is 2.58 bits per heavy atom. The van der Waals surface area contributed by atoms with Gasteiger partial charge in [-0.2, -0.15) is 4.68 Å². The number of hydrogen-bond donors (Lipinski definition) is 1. The average Bonchev–Trinajstić information content (AvgIpc) is 2.84. The third-order valence-electron chi connectivity index (χ3n) is 2.60. The molecule has 1 aromatic heterocycles. The highest BCUT2D eigenvalue weighted by molar-refractivity contribution is 6.35. The van der Waals surface area contributed by atoms with Crippen LogP contribution in [0.25, 0.3) is 5.69 Å². The van der Waals surface area contributed by atoms with Crippen LogP contribution < -0.4 is 5.32 Å². The van der Waals surface area contributed by atoms with Crippen molar-refractivity contribution in [2.24, 2.45) is 0 Å². The molecule has 1 unspecified atom stereocenters. The van der Waals surface area contributed by atoms with Crippen molar-refractivity contribution in [2.45, 2.75) is 19.9 Å². The highest BCUT2D eigenvalue weighted by Crippen LogP contribution is 2.27. The zero-order valence-electron chi connectivity index (χ0n) is 10.4. The molecule has 1 aromatic carbocycles. The maximum atomic E-state index is 13.4. The lowest BCUT2D eigenvalue weighted by molar-refractivity contribution is 0.550. The Bertz CT molecular complexity index is 563. The highest BCUT2D eigenvalue weighted by Gasteiger charge is 2.17. The summed E-state index contributed by atoms with van der Waals surface area (Å²) < 4.78 is 14.9. The SMILES string of the molecule is CCNC(C)c1nnnn1-c1cc(Cl)c(F)c(Cl)c1. The largest absolute Gasteiger partial charge is 0.308 e. The van der Waals surface area contributed by atoms with Crippen LogP contribution in [0.4, 0.5) is 4.39 Å². The summed E-state index contributed by atoms with van der Waals surface area (Å²) in [6.45, 7) is 4.69. The number of aromatic nitrogens is 4. The number of halogens is 3. The van der Waals surface area contributed by atoms with Gasteiger partial charge in [0.15, 0.2) is 11.6 Å². The molecule has 0 saturated carbocycles. The van der Waals surface area contributed by atoms with Crippen LogP contribution in [0.2, 0.25) is 10.0 Å². The van der Waals surface area contributed by atoms with E-state index in [0.717, 1.165) is 6.54 Å². The first kappa shape index (κ1) is 14.2. The van der Waals surface area contributed by atoms with Gasteiger partial charge in [0.1, 0.15) is 0 Å². The van der Waals surface area contributed by atoms with Crippen LogP contribution in [-0.2, 0) is 0 Å². The minimum Gasteiger partial charge on any atom is -0.308 e. The van der Waals surface area contributed by atoms with Crippen molar-refractivity contribution < 1.29 is 4.39 Å². The van der Waals surface area contributed by atoms with E-state index in [2.05, 4.69) is 20.8 Å². The molecule has 19 heavy (non-hydrogen) atoms. The number of tetrazole rings is 1. The predicted octanol–water partition coefficient (Wildman–Crippen LogP) is 2.78. The minimum absolute atomic E-state index is 0.0531. The van der Waals surface area contributed by atoms with E-state index in [-0.39, 0.29) is 16.1 Å². The summed E-state index contributed by atoms with van der Waals surface area (Å²) >= 11 is 11.5. The van der Waals surface area contributed by atoms with Crippen LogP contribution in [0.1, 0.15) is 25.7 Å². The Labute approximate surface area is 119 Å². The summed E-state index contributed by atoms with van der Waals surface area (Å²) in [5.74, 6) is -0.0537. The molecule has 2 aromatic rings. The first-order valence-corrected chi connectivity index (χ1v) is 6.46. The summed E-state index contributed by atoms with van der Waals surface area (Å²) in [7, 11) is 0. The summed E-state index contributed by atoms with van der Waals surface area (Å²) in [6.07, 6.45) is 0. The summed E-state index contributed by atoms with van der Waals surface area (Å²) in [4.78, 5) is 0. The standard InChI is InChI=1S/C11H12Cl2FN5/c1-3-15-6(2)11-16-17-18-19(11)7-4-8(12)10(14)9(13)5-7/h4-6,15H,3H2,1-2H3. The van der Waals surface area contributed by atoms with Gasteiger partial charge in [-0.3, -0.25) is 0 Å². The van der Waals surface area contributed by atoms with Crippen molar-refractivity contribution in [3.05, 3.63) is 33.8 Å². The molecule has 0 aliphatic carbocycles. The van der Waals surface area contributed by atoms with Crippen molar-refractivity contribution in [3.8, 4) is 5.69 Å². The Kier molecular flexibility index (Phi) is 4.34. The molecule has 0 bridgehead atoms. The number of nitrogens with one attached hydrogen (secondary N) is 1. The monoisotopic (exact) mass is 303 g/mol. The topological polar surface area (TPSA) is 55.6 Å². The lowest BCUT2D eigenvalue weighted by Crippen LogP contribution is -2.21. The molecule has 1 heterocycles. The van der Waals surface area contributed by atoms with E-state index < -0.39 is 5.82 Å². The molecule has 1 atom stereocenters. The van der Waals surface area contributed by atoms with Crippen LogP contribution in [-0.4, -0.2) is 26.8 Å². The van der Waals surface area contributed by atoms with Gasteiger partial charge in [-0.25, -0.2) is 4.39 Å². The van der Waals surface area contributed by atoms with E-state index in [9.17, 15) is 4.39 Å². The van der Waals surface area contributed by atoms with Gasteiger partial charge >= 0.3 is 0 Å². The van der Waals surface area contributed by atoms with Crippen LogP contribution >= 0.6 is 23.2 Å².